The lowest BCUT2D eigenvalue weighted by Gasteiger charge is -2.33. The number of nitrogens with two attached hydrogens (primary N) is 2. The molecule has 1 unspecified atom stereocenters. The molecule has 0 radical (unpaired) electrons. The number of aromatic amines is 1. The maximum Gasteiger partial charge on any atom is 0.329 e. The molecule has 2 saturated heterocycles. The molecule has 23 heteroatoms. The minimum absolute atomic E-state index is 0.0289. The molecular formula is C49H67N11O12. The Kier molecular flexibility index (Phi) is 19.9. The number of rotatable bonds is 18. The second kappa shape index (κ2) is 26.4. The van der Waals surface area contributed by atoms with Gasteiger partial charge in [-0.3, -0.25) is 43.9 Å². The first-order chi connectivity index (χ1) is 34.5. The maximum absolute atomic E-state index is 14.9. The fourth-order valence-corrected chi connectivity index (χ4v) is 9.55. The zero-order valence-electron chi connectivity index (χ0n) is 40.1. The number of aliphatic hydroxyl groups is 1. The number of aliphatic imine (C=N–C) groups is 1. The number of hydrogen-bond donors (Lipinski definition) is 12. The van der Waals surface area contributed by atoms with Crippen LogP contribution in [0.4, 0.5) is 0 Å². The molecule has 3 heterocycles. The van der Waals surface area contributed by atoms with Crippen molar-refractivity contribution < 1.29 is 58.4 Å². The highest BCUT2D eigenvalue weighted by molar-refractivity contribution is 5.97. The van der Waals surface area contributed by atoms with E-state index in [4.69, 9.17) is 16.2 Å². The van der Waals surface area contributed by atoms with Gasteiger partial charge in [0.05, 0.1) is 24.8 Å². The molecule has 0 spiro atoms. The summed E-state index contributed by atoms with van der Waals surface area (Å²) in [5, 5.41) is 47.0. The quantitative estimate of drug-likeness (QED) is 0.0409. The van der Waals surface area contributed by atoms with Crippen molar-refractivity contribution in [2.24, 2.45) is 22.4 Å². The average molecular weight is 1000 g/mol. The van der Waals surface area contributed by atoms with Gasteiger partial charge >= 0.3 is 11.9 Å². The normalized spacial score (nSPS) is 25.1. The molecule has 1 saturated carbocycles. The van der Waals surface area contributed by atoms with Crippen LogP contribution in [0, 0.1) is 5.92 Å². The molecule has 6 rings (SSSR count). The zero-order chi connectivity index (χ0) is 51.7. The first kappa shape index (κ1) is 54.2. The smallest absolute Gasteiger partial charge is 0.329 e. The number of nitrogens with one attached hydrogen (secondary N) is 7. The van der Waals surface area contributed by atoms with Crippen LogP contribution in [0.15, 0.2) is 65.8 Å². The van der Waals surface area contributed by atoms with E-state index in [0.29, 0.717) is 36.8 Å². The van der Waals surface area contributed by atoms with Crippen LogP contribution in [0.25, 0.3) is 10.9 Å². The van der Waals surface area contributed by atoms with Gasteiger partial charge in [-0.2, -0.15) is 0 Å². The van der Waals surface area contributed by atoms with Crippen molar-refractivity contribution >= 4 is 64.2 Å². The van der Waals surface area contributed by atoms with Gasteiger partial charge in [0.25, 0.3) is 0 Å². The van der Waals surface area contributed by atoms with Crippen molar-refractivity contribution in [1.29, 1.82) is 0 Å². The number of H-pyrrole nitrogens is 1. The summed E-state index contributed by atoms with van der Waals surface area (Å²) in [5.74, 6) is -7.11. The van der Waals surface area contributed by atoms with Crippen LogP contribution in [0.1, 0.15) is 75.3 Å². The number of nitrogens with zero attached hydrogens (tertiary/aromatic N) is 2. The maximum atomic E-state index is 14.9. The summed E-state index contributed by atoms with van der Waals surface area (Å²) >= 11 is 0. The van der Waals surface area contributed by atoms with E-state index in [9.17, 15) is 53.7 Å². The van der Waals surface area contributed by atoms with Gasteiger partial charge in [0.15, 0.2) is 5.96 Å². The van der Waals surface area contributed by atoms with E-state index < -0.39 is 109 Å². The molecule has 2 aromatic carbocycles. The van der Waals surface area contributed by atoms with Crippen LogP contribution in [0.3, 0.4) is 0 Å². The van der Waals surface area contributed by atoms with Crippen LogP contribution in [-0.4, -0.2) is 160 Å². The highest BCUT2D eigenvalue weighted by Gasteiger charge is 2.44. The van der Waals surface area contributed by atoms with Crippen molar-refractivity contribution in [2.75, 3.05) is 32.8 Å². The summed E-state index contributed by atoms with van der Waals surface area (Å²) in [4.78, 5) is 119. The first-order valence-electron chi connectivity index (χ1n) is 24.4. The summed E-state index contributed by atoms with van der Waals surface area (Å²) in [6.07, 6.45) is 2.43. The fraction of sp³-hybridized carbons (Fsp3) is 0.531. The third-order valence-electron chi connectivity index (χ3n) is 13.3. The van der Waals surface area contributed by atoms with Gasteiger partial charge in [0, 0.05) is 49.6 Å². The van der Waals surface area contributed by atoms with E-state index in [1.54, 1.807) is 36.5 Å². The molecule has 2 aliphatic heterocycles. The molecule has 6 amide bonds. The number of aromatic nitrogens is 1. The second-order valence-corrected chi connectivity index (χ2v) is 18.7. The lowest BCUT2D eigenvalue weighted by atomic mass is 9.83. The Hall–Kier alpha value is -7.11. The first-order valence-corrected chi connectivity index (χ1v) is 24.4. The van der Waals surface area contributed by atoms with Crippen molar-refractivity contribution in [1.82, 2.24) is 41.8 Å². The van der Waals surface area contributed by atoms with Crippen LogP contribution in [0.5, 0.6) is 0 Å². The van der Waals surface area contributed by atoms with Gasteiger partial charge in [0.2, 0.25) is 35.4 Å². The Morgan fingerprint density at radius 2 is 1.53 bits per heavy atom. The summed E-state index contributed by atoms with van der Waals surface area (Å²) < 4.78 is 5.63. The third kappa shape index (κ3) is 16.0. The van der Waals surface area contributed by atoms with Crippen molar-refractivity contribution in [2.45, 2.75) is 126 Å². The molecule has 3 aromatic rings. The largest absolute Gasteiger partial charge is 0.480 e. The molecule has 0 bridgehead atoms. The van der Waals surface area contributed by atoms with Crippen LogP contribution in [0.2, 0.25) is 0 Å². The Labute approximate surface area is 416 Å². The van der Waals surface area contributed by atoms with Gasteiger partial charge in [-0.1, -0.05) is 48.5 Å². The molecule has 1 aromatic heterocycles. The summed E-state index contributed by atoms with van der Waals surface area (Å²) in [6, 6.07) is 8.59. The van der Waals surface area contributed by atoms with Crippen LogP contribution in [-0.2, 0) is 55.9 Å². The van der Waals surface area contributed by atoms with Crippen molar-refractivity contribution in [3.8, 4) is 0 Å². The number of fused-ring (bicyclic) bond motifs is 2. The zero-order valence-corrected chi connectivity index (χ0v) is 40.1. The SMILES string of the molecule is NC(N)=NCCC[C@@H]1NC(=O)[C@H](Cc2c[nH]c3ccccc23)NC(=O)[C@@H](CC2CCC(O)CC2)NC(=O)[C@@H]2C[C@@H](OCC(=O)O)CN2C(=O)[C@@H](NC(=O)C(Cc2ccccc2)NCC(=O)O)CCCNC1=O. The molecule has 390 valence electrons. The molecule has 1 aliphatic carbocycles. The van der Waals surface area contributed by atoms with Gasteiger partial charge in [-0.25, -0.2) is 4.79 Å². The number of benzene rings is 2. The molecule has 3 aliphatic rings. The predicted octanol–water partition coefficient (Wildman–Crippen LogP) is -1.09. The number of carboxylic acids is 2. The molecular weight excluding hydrogens is 935 g/mol. The highest BCUT2D eigenvalue weighted by Crippen LogP contribution is 2.29. The lowest BCUT2D eigenvalue weighted by Crippen LogP contribution is -2.60. The Balaban J connectivity index is 1.37. The third-order valence-corrected chi connectivity index (χ3v) is 13.3. The number of aliphatic hydroxyl groups excluding tert-OH is 1. The summed E-state index contributed by atoms with van der Waals surface area (Å²) in [5.41, 5.74) is 13.3. The van der Waals surface area contributed by atoms with E-state index in [-0.39, 0.29) is 82.9 Å². The number of ether oxygens (including phenoxy) is 1. The van der Waals surface area contributed by atoms with Gasteiger partial charge in [-0.15, -0.1) is 0 Å². The minimum atomic E-state index is -1.38. The van der Waals surface area contributed by atoms with Gasteiger partial charge < -0.3 is 68.0 Å². The molecule has 23 nitrogen and oxygen atoms in total. The van der Waals surface area contributed by atoms with E-state index in [1.807, 2.05) is 24.3 Å². The van der Waals surface area contributed by atoms with Crippen LogP contribution >= 0.6 is 0 Å². The second-order valence-electron chi connectivity index (χ2n) is 18.7. The topological polar surface area (TPSA) is 362 Å². The fourth-order valence-electron chi connectivity index (χ4n) is 9.55. The minimum Gasteiger partial charge on any atom is -0.480 e. The van der Waals surface area contributed by atoms with E-state index in [1.165, 1.54) is 4.90 Å². The van der Waals surface area contributed by atoms with Gasteiger partial charge in [-0.05, 0) is 87.3 Å². The monoisotopic (exact) mass is 1000 g/mol. The predicted molar refractivity (Wildman–Crippen MR) is 262 cm³/mol. The van der Waals surface area contributed by atoms with Gasteiger partial charge in [0.1, 0.15) is 36.8 Å². The van der Waals surface area contributed by atoms with E-state index >= 15 is 0 Å². The number of amides is 6. The van der Waals surface area contributed by atoms with E-state index in [2.05, 4.69) is 41.9 Å². The standard InChI is InChI=1S/C49H67N11O12/c50-49(51)53-19-6-12-35-43(66)52-18-7-13-36(57-44(67)37(55-25-41(62)63)20-28-8-2-1-3-9-28)48(71)60-26-32(72-27-42(64)65)23-40(60)47(70)59-38(21-29-14-16-31(61)17-15-29)45(68)58-39(46(69)56-35)22-30-24-54-34-11-5-4-10-33(30)34/h1-5,8-11,24,29,31-32,35-40,54-55,61H,6-7,12-23,25-27H2,(H,52,66)(H,56,69)(H,57,67)(H,58,68)(H,59,70)(H,62,63)(H,64,65)(H4,50,51,53)/t29?,31?,32-,35+,36+,37?,38-,39+,40+/m1/s1. The van der Waals surface area contributed by atoms with Crippen LogP contribution < -0.4 is 43.4 Å². The Morgan fingerprint density at radius 3 is 2.25 bits per heavy atom. The highest BCUT2D eigenvalue weighted by atomic mass is 16.5. The number of aliphatic carboxylic acids is 2. The number of carboxylic acid groups (broad SMARTS) is 2. The number of hydrogen-bond acceptors (Lipinski definition) is 12. The lowest BCUT2D eigenvalue weighted by molar-refractivity contribution is -0.145. The Bertz CT molecular complexity index is 2410. The molecule has 3 fully saturated rings. The molecule has 14 N–H and O–H groups in total. The summed E-state index contributed by atoms with van der Waals surface area (Å²) in [7, 11) is 0. The summed E-state index contributed by atoms with van der Waals surface area (Å²) in [6.45, 7) is -1.54. The number of carbonyl (C=O) groups is 8. The van der Waals surface area contributed by atoms with Crippen molar-refractivity contribution in [3.63, 3.8) is 0 Å². The molecule has 72 heavy (non-hydrogen) atoms. The number of guanidine groups is 1. The Morgan fingerprint density at radius 1 is 0.833 bits per heavy atom. The van der Waals surface area contributed by atoms with Crippen molar-refractivity contribution in [3.05, 3.63) is 71.9 Å². The number of para-hydroxylation sites is 1. The molecule has 7 atom stereocenters. The van der Waals surface area contributed by atoms with E-state index in [0.717, 1.165) is 10.9 Å². The number of carbonyl (C=O) groups excluding carboxylic acids is 6. The average Bonchev–Trinajstić information content (AvgIpc) is 3.98.